The topological polar surface area (TPSA) is 79.9 Å². The van der Waals surface area contributed by atoms with E-state index in [0.717, 1.165) is 25.7 Å². The molecule has 0 atom stereocenters. The third kappa shape index (κ3) is 4.47. The van der Waals surface area contributed by atoms with E-state index >= 15 is 0 Å². The fourth-order valence-corrected chi connectivity index (χ4v) is 5.50. The van der Waals surface area contributed by atoms with E-state index in [0.29, 0.717) is 37.9 Å². The lowest BCUT2D eigenvalue weighted by Crippen LogP contribution is -2.29. The third-order valence-electron chi connectivity index (χ3n) is 6.17. The molecule has 1 amide bonds. The van der Waals surface area contributed by atoms with E-state index in [1.807, 2.05) is 12.1 Å². The first-order valence-corrected chi connectivity index (χ1v) is 12.3. The van der Waals surface area contributed by atoms with Crippen molar-refractivity contribution in [2.45, 2.75) is 45.2 Å². The predicted octanol–water partition coefficient (Wildman–Crippen LogP) is 4.68. The van der Waals surface area contributed by atoms with E-state index in [4.69, 9.17) is 21.6 Å². The van der Waals surface area contributed by atoms with Crippen molar-refractivity contribution in [3.05, 3.63) is 69.4 Å². The zero-order valence-corrected chi connectivity index (χ0v) is 19.8. The lowest BCUT2D eigenvalue weighted by Gasteiger charge is -2.27. The quantitative estimate of drug-likeness (QED) is 0.420. The number of thiocarbonyl (C=S) groups is 1. The molecule has 0 spiro atoms. The summed E-state index contributed by atoms with van der Waals surface area (Å²) in [5, 5.41) is 3.50. The normalized spacial score (nSPS) is 22.5. The van der Waals surface area contributed by atoms with Crippen molar-refractivity contribution in [3.8, 4) is 0 Å². The minimum atomic E-state index is -0.239. The highest BCUT2D eigenvalue weighted by Gasteiger charge is 2.33. The van der Waals surface area contributed by atoms with Crippen molar-refractivity contribution >= 4 is 51.7 Å². The Morgan fingerprint density at radius 1 is 1.21 bits per heavy atom. The van der Waals surface area contributed by atoms with E-state index in [1.54, 1.807) is 36.7 Å². The lowest BCUT2D eigenvalue weighted by atomic mass is 9.87. The first-order valence-electron chi connectivity index (χ1n) is 11.1. The standard InChI is InChI=1S/C24H24N4O3S2/c1-15-7-9-16(10-8-15)25-21-18(22(29)27-11-3-2-6-20(27)26-21)13-19-23(30)28(24(32)33-19)14-17-5-4-12-31-17/h2-6,11-13,15-16,25H,7-10,14H2,1H3/b19-13+. The summed E-state index contributed by atoms with van der Waals surface area (Å²) in [6, 6.07) is 9.27. The van der Waals surface area contributed by atoms with E-state index < -0.39 is 0 Å². The molecule has 0 aromatic carbocycles. The molecule has 0 unspecified atom stereocenters. The van der Waals surface area contributed by atoms with Crippen LogP contribution in [0.1, 0.15) is 43.9 Å². The Kier molecular flexibility index (Phi) is 6.07. The second kappa shape index (κ2) is 9.15. The molecule has 9 heteroatoms. The zero-order valence-electron chi connectivity index (χ0n) is 18.2. The number of pyridine rings is 1. The van der Waals surface area contributed by atoms with Gasteiger partial charge >= 0.3 is 0 Å². The molecular weight excluding hydrogens is 456 g/mol. The summed E-state index contributed by atoms with van der Waals surface area (Å²) in [7, 11) is 0. The number of amides is 1. The molecule has 2 fully saturated rings. The molecule has 5 rings (SSSR count). The number of fused-ring (bicyclic) bond motifs is 1. The molecule has 1 aliphatic heterocycles. The van der Waals surface area contributed by atoms with Crippen molar-refractivity contribution < 1.29 is 9.21 Å². The Morgan fingerprint density at radius 3 is 2.79 bits per heavy atom. The smallest absolute Gasteiger partial charge is 0.267 e. The summed E-state index contributed by atoms with van der Waals surface area (Å²) in [5.41, 5.74) is 0.719. The van der Waals surface area contributed by atoms with Crippen molar-refractivity contribution in [1.82, 2.24) is 14.3 Å². The monoisotopic (exact) mass is 480 g/mol. The second-order valence-corrected chi connectivity index (χ2v) is 10.2. The number of carbonyl (C=O) groups excluding carboxylic acids is 1. The average molecular weight is 481 g/mol. The Balaban J connectivity index is 1.51. The van der Waals surface area contributed by atoms with Crippen LogP contribution in [-0.4, -0.2) is 30.6 Å². The third-order valence-corrected chi connectivity index (χ3v) is 7.55. The maximum Gasteiger partial charge on any atom is 0.267 e. The van der Waals surface area contributed by atoms with E-state index in [2.05, 4.69) is 12.2 Å². The molecule has 33 heavy (non-hydrogen) atoms. The summed E-state index contributed by atoms with van der Waals surface area (Å²) in [6.45, 7) is 2.53. The Hall–Kier alpha value is -2.91. The molecule has 1 saturated heterocycles. The molecule has 2 aliphatic rings. The number of hydrogen-bond acceptors (Lipinski definition) is 7. The fraction of sp³-hybridized carbons (Fsp3) is 0.333. The SMILES string of the molecule is CC1CCC(Nc2nc3ccccn3c(=O)c2/C=C2/SC(=S)N(Cc3ccco3)C2=O)CC1. The number of furan rings is 1. The highest BCUT2D eigenvalue weighted by atomic mass is 32.2. The van der Waals surface area contributed by atoms with Crippen molar-refractivity contribution in [3.63, 3.8) is 0 Å². The predicted molar refractivity (Wildman–Crippen MR) is 134 cm³/mol. The van der Waals surface area contributed by atoms with Gasteiger partial charge in [-0.2, -0.15) is 0 Å². The van der Waals surface area contributed by atoms with Crippen LogP contribution in [-0.2, 0) is 11.3 Å². The molecule has 0 bridgehead atoms. The molecule has 3 aromatic rings. The van der Waals surface area contributed by atoms with Gasteiger partial charge in [0.05, 0.1) is 23.3 Å². The maximum atomic E-state index is 13.4. The zero-order chi connectivity index (χ0) is 22.9. The number of nitrogens with one attached hydrogen (secondary N) is 1. The van der Waals surface area contributed by atoms with Crippen LogP contribution in [0.5, 0.6) is 0 Å². The van der Waals surface area contributed by atoms with Gasteiger partial charge in [-0.15, -0.1) is 0 Å². The number of anilines is 1. The number of nitrogens with zero attached hydrogens (tertiary/aromatic N) is 3. The van der Waals surface area contributed by atoms with E-state index in [-0.39, 0.29) is 24.1 Å². The molecule has 4 heterocycles. The minimum Gasteiger partial charge on any atom is -0.467 e. The number of thioether (sulfide) groups is 1. The Morgan fingerprint density at radius 2 is 2.03 bits per heavy atom. The maximum absolute atomic E-state index is 13.4. The number of carbonyl (C=O) groups is 1. The van der Waals surface area contributed by atoms with Crippen LogP contribution in [0.25, 0.3) is 11.7 Å². The lowest BCUT2D eigenvalue weighted by molar-refractivity contribution is -0.122. The largest absolute Gasteiger partial charge is 0.467 e. The highest BCUT2D eigenvalue weighted by Crippen LogP contribution is 2.34. The van der Waals surface area contributed by atoms with Gasteiger partial charge in [0.15, 0.2) is 0 Å². The molecule has 7 nitrogen and oxygen atoms in total. The summed E-state index contributed by atoms with van der Waals surface area (Å²) >= 11 is 6.63. The van der Waals surface area contributed by atoms with Gasteiger partial charge in [-0.1, -0.05) is 37.0 Å². The minimum absolute atomic E-state index is 0.219. The molecule has 0 radical (unpaired) electrons. The molecule has 170 valence electrons. The van der Waals surface area contributed by atoms with Crippen molar-refractivity contribution in [1.29, 1.82) is 0 Å². The van der Waals surface area contributed by atoms with E-state index in [1.165, 1.54) is 21.1 Å². The van der Waals surface area contributed by atoms with Crippen LogP contribution in [0.3, 0.4) is 0 Å². The van der Waals surface area contributed by atoms with Crippen molar-refractivity contribution in [2.75, 3.05) is 5.32 Å². The van der Waals surface area contributed by atoms with Crippen LogP contribution in [0.2, 0.25) is 0 Å². The Labute approximate surface area is 200 Å². The summed E-state index contributed by atoms with van der Waals surface area (Å²) < 4.78 is 7.31. The van der Waals surface area contributed by atoms with Crippen LogP contribution >= 0.6 is 24.0 Å². The molecule has 1 aliphatic carbocycles. The molecule has 1 saturated carbocycles. The summed E-state index contributed by atoms with van der Waals surface area (Å²) in [6.07, 6.45) is 9.23. The first-order chi connectivity index (χ1) is 16.0. The van der Waals surface area contributed by atoms with Crippen LogP contribution in [0.15, 0.2) is 56.9 Å². The van der Waals surface area contributed by atoms with Gasteiger partial charge in [0.2, 0.25) is 0 Å². The van der Waals surface area contributed by atoms with Gasteiger partial charge < -0.3 is 9.73 Å². The second-order valence-electron chi connectivity index (χ2n) is 8.56. The summed E-state index contributed by atoms with van der Waals surface area (Å²) in [5.74, 6) is 1.64. The summed E-state index contributed by atoms with van der Waals surface area (Å²) in [4.78, 5) is 33.2. The molecular formula is C24H24N4O3S2. The van der Waals surface area contributed by atoms with Crippen LogP contribution in [0, 0.1) is 5.92 Å². The van der Waals surface area contributed by atoms with E-state index in [9.17, 15) is 9.59 Å². The highest BCUT2D eigenvalue weighted by molar-refractivity contribution is 8.26. The average Bonchev–Trinajstić information content (AvgIpc) is 3.42. The number of aromatic nitrogens is 2. The van der Waals surface area contributed by atoms with Gasteiger partial charge in [-0.05, 0) is 61.9 Å². The number of rotatable bonds is 5. The van der Waals surface area contributed by atoms with Crippen molar-refractivity contribution in [2.24, 2.45) is 5.92 Å². The van der Waals surface area contributed by atoms with Crippen LogP contribution in [0.4, 0.5) is 5.82 Å². The Bertz CT molecular complexity index is 1290. The van der Waals surface area contributed by atoms with Gasteiger partial charge in [-0.3, -0.25) is 18.9 Å². The van der Waals surface area contributed by atoms with Crippen LogP contribution < -0.4 is 10.9 Å². The van der Waals surface area contributed by atoms with Gasteiger partial charge in [0.25, 0.3) is 11.5 Å². The fourth-order valence-electron chi connectivity index (χ4n) is 4.27. The molecule has 3 aromatic heterocycles. The molecule has 1 N–H and O–H groups in total. The van der Waals surface area contributed by atoms with Gasteiger partial charge in [0.1, 0.15) is 21.5 Å². The van der Waals surface area contributed by atoms with Gasteiger partial charge in [0, 0.05) is 12.2 Å². The first kappa shape index (κ1) is 21.9. The number of hydrogen-bond donors (Lipinski definition) is 1. The van der Waals surface area contributed by atoms with Gasteiger partial charge in [-0.25, -0.2) is 4.98 Å².